The Bertz CT molecular complexity index is 1270. The zero-order valence-corrected chi connectivity index (χ0v) is 31.3. The number of hydrogen-bond acceptors (Lipinski definition) is 12. The quantitative estimate of drug-likeness (QED) is 0.0400. The molecule has 2 unspecified atom stereocenters. The molecule has 2 atom stereocenters. The lowest BCUT2D eigenvalue weighted by atomic mass is 9.83. The fourth-order valence-corrected chi connectivity index (χ4v) is 5.64. The summed E-state index contributed by atoms with van der Waals surface area (Å²) in [6.07, 6.45) is 7.50. The highest BCUT2D eigenvalue weighted by Gasteiger charge is 2.24. The predicted octanol–water partition coefficient (Wildman–Crippen LogP) is 6.61. The van der Waals surface area contributed by atoms with E-state index in [1.54, 1.807) is 0 Å². The predicted molar refractivity (Wildman–Crippen MR) is 201 cm³/mol. The number of unbranched alkanes of at least 4 members (excludes halogenated alkanes) is 2. The van der Waals surface area contributed by atoms with Crippen LogP contribution in [0.25, 0.3) is 0 Å². The van der Waals surface area contributed by atoms with Crippen LogP contribution in [0.1, 0.15) is 64.2 Å². The molecule has 12 heteroatoms. The molecule has 1 fully saturated rings. The number of carbonyl (C=O) groups excluding carboxylic acids is 4. The molecule has 1 aliphatic rings. The average molecular weight is 753 g/mol. The van der Waals surface area contributed by atoms with Gasteiger partial charge in [-0.2, -0.15) is 0 Å². The molecule has 54 heavy (non-hydrogen) atoms. The van der Waals surface area contributed by atoms with Gasteiger partial charge in [-0.05, 0) is 87.5 Å². The zero-order valence-electron chi connectivity index (χ0n) is 31.3. The van der Waals surface area contributed by atoms with Gasteiger partial charge in [0.25, 0.3) is 0 Å². The summed E-state index contributed by atoms with van der Waals surface area (Å²) >= 11 is 0. The van der Waals surface area contributed by atoms with E-state index in [4.69, 9.17) is 37.9 Å². The van der Waals surface area contributed by atoms with E-state index in [1.807, 2.05) is 60.7 Å². The van der Waals surface area contributed by atoms with Crippen LogP contribution in [0.3, 0.4) is 0 Å². The normalized spacial score (nSPS) is 16.2. The number of benzene rings is 2. The van der Waals surface area contributed by atoms with E-state index in [2.05, 4.69) is 13.2 Å². The van der Waals surface area contributed by atoms with Crippen molar-refractivity contribution in [3.63, 3.8) is 0 Å². The molecule has 2 aromatic rings. The SMILES string of the molecule is C=CC(=O)OCCCCC(=O)OC(COCC1CCC(COCC(COc2ccccc2)OC(=O)CCCCOC(=O)C=C)CC1)COc1ccccc1. The van der Waals surface area contributed by atoms with Crippen molar-refractivity contribution in [2.75, 3.05) is 52.9 Å². The van der Waals surface area contributed by atoms with Gasteiger partial charge in [0, 0.05) is 38.2 Å². The maximum atomic E-state index is 12.6. The zero-order chi connectivity index (χ0) is 38.6. The van der Waals surface area contributed by atoms with Crippen molar-refractivity contribution in [3.05, 3.63) is 86.0 Å². The Morgan fingerprint density at radius 1 is 0.574 bits per heavy atom. The molecule has 0 spiro atoms. The van der Waals surface area contributed by atoms with Crippen LogP contribution >= 0.6 is 0 Å². The second-order valence-corrected chi connectivity index (χ2v) is 13.1. The summed E-state index contributed by atoms with van der Waals surface area (Å²) in [7, 11) is 0. The molecule has 1 aliphatic carbocycles. The second kappa shape index (κ2) is 27.0. The molecule has 3 rings (SSSR count). The Balaban J connectivity index is 1.37. The number of ether oxygens (including phenoxy) is 8. The van der Waals surface area contributed by atoms with Gasteiger partial charge in [0.05, 0.1) is 26.4 Å². The summed E-state index contributed by atoms with van der Waals surface area (Å²) in [4.78, 5) is 47.5. The van der Waals surface area contributed by atoms with Crippen molar-refractivity contribution >= 4 is 23.9 Å². The van der Waals surface area contributed by atoms with Crippen LogP contribution in [0.5, 0.6) is 11.5 Å². The van der Waals surface area contributed by atoms with Crippen molar-refractivity contribution in [2.45, 2.75) is 76.4 Å². The monoisotopic (exact) mass is 752 g/mol. The van der Waals surface area contributed by atoms with Crippen LogP contribution in [0.15, 0.2) is 86.0 Å². The van der Waals surface area contributed by atoms with E-state index >= 15 is 0 Å². The van der Waals surface area contributed by atoms with Gasteiger partial charge in [-0.1, -0.05) is 49.6 Å². The lowest BCUT2D eigenvalue weighted by molar-refractivity contribution is -0.156. The third-order valence-electron chi connectivity index (χ3n) is 8.61. The van der Waals surface area contributed by atoms with Crippen molar-refractivity contribution in [1.82, 2.24) is 0 Å². The van der Waals surface area contributed by atoms with Crippen LogP contribution in [0.4, 0.5) is 0 Å². The number of esters is 4. The fourth-order valence-electron chi connectivity index (χ4n) is 5.64. The van der Waals surface area contributed by atoms with Gasteiger partial charge in [0.1, 0.15) is 24.7 Å². The molecule has 296 valence electrons. The van der Waals surface area contributed by atoms with E-state index in [9.17, 15) is 19.2 Å². The Labute approximate surface area is 319 Å². The standard InChI is InChI=1S/C42H56O12/c1-3-39(43)49-25-13-11-19-41(45)53-37(31-51-35-15-7-5-8-16-35)29-47-27-33-21-23-34(24-22-33)28-48-30-38(32-52-36-17-9-6-10-18-36)54-42(46)20-12-14-26-50-40(44)4-2/h3-10,15-18,33-34,37-38H,1-2,11-14,19-32H2. The molecule has 0 radical (unpaired) electrons. The molecule has 1 saturated carbocycles. The van der Waals surface area contributed by atoms with Gasteiger partial charge in [-0.25, -0.2) is 9.59 Å². The fraction of sp³-hybridized carbons (Fsp3) is 0.524. The lowest BCUT2D eigenvalue weighted by Gasteiger charge is -2.29. The van der Waals surface area contributed by atoms with Crippen LogP contribution in [0.2, 0.25) is 0 Å². The first kappa shape index (κ1) is 43.7. The van der Waals surface area contributed by atoms with Gasteiger partial charge in [0.15, 0.2) is 12.2 Å². The van der Waals surface area contributed by atoms with E-state index < -0.39 is 24.1 Å². The van der Waals surface area contributed by atoms with E-state index in [-0.39, 0.29) is 64.4 Å². The van der Waals surface area contributed by atoms with Gasteiger partial charge in [0.2, 0.25) is 0 Å². The topological polar surface area (TPSA) is 142 Å². The second-order valence-electron chi connectivity index (χ2n) is 13.1. The van der Waals surface area contributed by atoms with E-state index in [0.717, 1.165) is 37.8 Å². The number of hydrogen-bond donors (Lipinski definition) is 0. The van der Waals surface area contributed by atoms with Gasteiger partial charge in [-0.3, -0.25) is 9.59 Å². The molecule has 12 nitrogen and oxygen atoms in total. The largest absolute Gasteiger partial charge is 0.490 e. The first-order valence-electron chi connectivity index (χ1n) is 18.8. The molecule has 0 aliphatic heterocycles. The van der Waals surface area contributed by atoms with Gasteiger partial charge >= 0.3 is 23.9 Å². The van der Waals surface area contributed by atoms with Gasteiger partial charge < -0.3 is 37.9 Å². The average Bonchev–Trinajstić information content (AvgIpc) is 3.19. The van der Waals surface area contributed by atoms with Crippen LogP contribution in [-0.4, -0.2) is 88.9 Å². The van der Waals surface area contributed by atoms with Crippen molar-refractivity contribution in [1.29, 1.82) is 0 Å². The Morgan fingerprint density at radius 2 is 0.963 bits per heavy atom. The van der Waals surface area contributed by atoms with Crippen molar-refractivity contribution in [2.24, 2.45) is 11.8 Å². The minimum Gasteiger partial charge on any atom is -0.490 e. The first-order valence-corrected chi connectivity index (χ1v) is 18.8. The number of carbonyl (C=O) groups is 4. The minimum absolute atomic E-state index is 0.163. The molecule has 0 aromatic heterocycles. The summed E-state index contributed by atoms with van der Waals surface area (Å²) in [5.74, 6) is 0.416. The van der Waals surface area contributed by atoms with Crippen LogP contribution in [0, 0.1) is 11.8 Å². The molecule has 0 bridgehead atoms. The molecular formula is C42H56O12. The summed E-state index contributed by atoms with van der Waals surface area (Å²) < 4.78 is 45.2. The molecular weight excluding hydrogens is 696 g/mol. The third-order valence-corrected chi connectivity index (χ3v) is 8.61. The minimum atomic E-state index is -0.573. The molecule has 0 heterocycles. The van der Waals surface area contributed by atoms with E-state index in [1.165, 1.54) is 0 Å². The molecule has 0 saturated heterocycles. The van der Waals surface area contributed by atoms with Gasteiger partial charge in [-0.15, -0.1) is 0 Å². The Morgan fingerprint density at radius 3 is 1.33 bits per heavy atom. The van der Waals surface area contributed by atoms with Crippen LogP contribution < -0.4 is 9.47 Å². The highest BCUT2D eigenvalue weighted by atomic mass is 16.6. The highest BCUT2D eigenvalue weighted by Crippen LogP contribution is 2.29. The maximum absolute atomic E-state index is 12.6. The third kappa shape index (κ3) is 20.0. The summed E-state index contributed by atoms with van der Waals surface area (Å²) in [6, 6.07) is 18.7. The van der Waals surface area contributed by atoms with Crippen molar-refractivity contribution < 1.29 is 57.1 Å². The number of para-hydroxylation sites is 2. The van der Waals surface area contributed by atoms with Crippen LogP contribution in [-0.2, 0) is 47.6 Å². The summed E-state index contributed by atoms with van der Waals surface area (Å²) in [5.41, 5.74) is 0. The lowest BCUT2D eigenvalue weighted by Crippen LogP contribution is -2.32. The molecule has 2 aromatic carbocycles. The summed E-state index contributed by atoms with van der Waals surface area (Å²) in [5, 5.41) is 0. The van der Waals surface area contributed by atoms with E-state index in [0.29, 0.717) is 62.2 Å². The first-order chi connectivity index (χ1) is 26.3. The molecule has 0 amide bonds. The smallest absolute Gasteiger partial charge is 0.330 e. The maximum Gasteiger partial charge on any atom is 0.330 e. The Kier molecular flexibility index (Phi) is 21.8. The van der Waals surface area contributed by atoms with Crippen molar-refractivity contribution in [3.8, 4) is 11.5 Å². The number of rotatable bonds is 28. The highest BCUT2D eigenvalue weighted by molar-refractivity contribution is 5.81. The Hall–Kier alpha value is -4.68. The summed E-state index contributed by atoms with van der Waals surface area (Å²) in [6.45, 7) is 9.02. The molecule has 0 N–H and O–H groups in total.